The van der Waals surface area contributed by atoms with Crippen LogP contribution in [0.2, 0.25) is 0 Å². The van der Waals surface area contributed by atoms with Crippen molar-refractivity contribution in [2.75, 3.05) is 5.32 Å². The van der Waals surface area contributed by atoms with Crippen molar-refractivity contribution in [1.82, 2.24) is 10.5 Å². The maximum atomic E-state index is 12.7. The first-order chi connectivity index (χ1) is 18.1. The molecule has 38 heavy (non-hydrogen) atoms. The maximum Gasteiger partial charge on any atom is 0.490 e. The van der Waals surface area contributed by atoms with E-state index in [4.69, 9.17) is 19.8 Å². The molecule has 0 bridgehead atoms. The lowest BCUT2D eigenvalue weighted by Gasteiger charge is -2.28. The Morgan fingerprint density at radius 2 is 1.55 bits per heavy atom. The average molecular weight is 534 g/mol. The molecule has 1 saturated carbocycles. The number of alkyl halides is 3. The number of carbonyl (C=O) groups excluding carboxylic acids is 2. The number of aromatic nitrogens is 1. The fourth-order valence-corrected chi connectivity index (χ4v) is 4.12. The molecular formula is C26H26F3N3O6. The Morgan fingerprint density at radius 1 is 0.947 bits per heavy atom. The molecule has 4 rings (SSSR count). The highest BCUT2D eigenvalue weighted by molar-refractivity contribution is 5.96. The number of hydrogen-bond donors (Lipinski definition) is 4. The SMILES string of the molecule is O=C(NO)[C@@H]1CCCC[C@H]1C(=O)Nc1ccc(COc2ccnc3ccccc23)cc1.O=C(O)C(F)(F)F. The van der Waals surface area contributed by atoms with Gasteiger partial charge in [0.05, 0.1) is 11.4 Å². The van der Waals surface area contributed by atoms with Crippen LogP contribution in [0.5, 0.6) is 5.75 Å². The summed E-state index contributed by atoms with van der Waals surface area (Å²) < 4.78 is 37.7. The summed E-state index contributed by atoms with van der Waals surface area (Å²) in [5.41, 5.74) is 4.21. The minimum Gasteiger partial charge on any atom is -0.488 e. The molecule has 202 valence electrons. The molecule has 4 N–H and O–H groups in total. The first kappa shape index (κ1) is 28.4. The number of anilines is 1. The number of ether oxygens (including phenoxy) is 1. The number of nitrogens with one attached hydrogen (secondary N) is 2. The molecule has 1 aliphatic rings. The van der Waals surface area contributed by atoms with Crippen molar-refractivity contribution >= 4 is 34.4 Å². The fourth-order valence-electron chi connectivity index (χ4n) is 4.12. The van der Waals surface area contributed by atoms with E-state index in [1.165, 1.54) is 0 Å². The number of rotatable bonds is 6. The molecule has 2 aromatic carbocycles. The van der Waals surface area contributed by atoms with Crippen LogP contribution in [0.4, 0.5) is 18.9 Å². The van der Waals surface area contributed by atoms with Crippen molar-refractivity contribution in [3.63, 3.8) is 0 Å². The van der Waals surface area contributed by atoms with Gasteiger partial charge in [0, 0.05) is 23.2 Å². The molecule has 12 heteroatoms. The zero-order valence-corrected chi connectivity index (χ0v) is 20.1. The highest BCUT2D eigenvalue weighted by atomic mass is 19.4. The molecule has 0 aliphatic heterocycles. The first-order valence-electron chi connectivity index (χ1n) is 11.7. The van der Waals surface area contributed by atoms with Crippen molar-refractivity contribution in [3.05, 3.63) is 66.4 Å². The minimum atomic E-state index is -5.08. The lowest BCUT2D eigenvalue weighted by atomic mass is 9.78. The predicted octanol–water partition coefficient (Wildman–Crippen LogP) is 4.70. The zero-order valence-electron chi connectivity index (χ0n) is 20.1. The second kappa shape index (κ2) is 12.9. The number of para-hydroxylation sites is 1. The van der Waals surface area contributed by atoms with Gasteiger partial charge in [-0.25, -0.2) is 10.3 Å². The van der Waals surface area contributed by atoms with Gasteiger partial charge in [0.1, 0.15) is 12.4 Å². The highest BCUT2D eigenvalue weighted by Crippen LogP contribution is 2.31. The van der Waals surface area contributed by atoms with Crippen molar-refractivity contribution in [1.29, 1.82) is 0 Å². The predicted molar refractivity (Wildman–Crippen MR) is 130 cm³/mol. The van der Waals surface area contributed by atoms with Crippen LogP contribution in [-0.2, 0) is 21.0 Å². The summed E-state index contributed by atoms with van der Waals surface area (Å²) in [6.07, 6.45) is -0.345. The summed E-state index contributed by atoms with van der Waals surface area (Å²) in [6.45, 7) is 0.392. The third kappa shape index (κ3) is 7.65. The normalized spacial score (nSPS) is 17.1. The van der Waals surface area contributed by atoms with Gasteiger partial charge in [-0.05, 0) is 48.7 Å². The van der Waals surface area contributed by atoms with E-state index in [9.17, 15) is 22.8 Å². The van der Waals surface area contributed by atoms with Gasteiger partial charge in [0.25, 0.3) is 0 Å². The highest BCUT2D eigenvalue weighted by Gasteiger charge is 2.38. The number of hydroxylamine groups is 1. The molecule has 1 aromatic heterocycles. The number of carboxylic acid groups (broad SMARTS) is 1. The van der Waals surface area contributed by atoms with Gasteiger partial charge in [0.15, 0.2) is 0 Å². The summed E-state index contributed by atoms with van der Waals surface area (Å²) in [4.78, 5) is 37.8. The average Bonchev–Trinajstić information content (AvgIpc) is 2.92. The quantitative estimate of drug-likeness (QED) is 0.266. The van der Waals surface area contributed by atoms with Crippen molar-refractivity contribution in [2.45, 2.75) is 38.5 Å². The van der Waals surface area contributed by atoms with Gasteiger partial charge < -0.3 is 15.2 Å². The molecule has 0 unspecified atom stereocenters. The summed E-state index contributed by atoms with van der Waals surface area (Å²) in [5, 5.41) is 19.9. The van der Waals surface area contributed by atoms with Gasteiger partial charge in [-0.1, -0.05) is 37.1 Å². The van der Waals surface area contributed by atoms with E-state index in [0.29, 0.717) is 25.1 Å². The van der Waals surface area contributed by atoms with Crippen LogP contribution in [0.3, 0.4) is 0 Å². The van der Waals surface area contributed by atoms with Gasteiger partial charge in [-0.2, -0.15) is 13.2 Å². The van der Waals surface area contributed by atoms with Crippen LogP contribution in [0, 0.1) is 11.8 Å². The Balaban J connectivity index is 0.000000505. The van der Waals surface area contributed by atoms with Gasteiger partial charge in [-0.15, -0.1) is 0 Å². The van der Waals surface area contributed by atoms with E-state index < -0.39 is 29.9 Å². The number of carboxylic acids is 1. The number of benzene rings is 2. The molecule has 1 aliphatic carbocycles. The van der Waals surface area contributed by atoms with E-state index >= 15 is 0 Å². The summed E-state index contributed by atoms with van der Waals surface area (Å²) in [6, 6.07) is 17.1. The molecule has 0 radical (unpaired) electrons. The Hall–Kier alpha value is -4.19. The Bertz CT molecular complexity index is 1260. The van der Waals surface area contributed by atoms with E-state index in [1.807, 2.05) is 54.6 Å². The topological polar surface area (TPSA) is 138 Å². The summed E-state index contributed by atoms with van der Waals surface area (Å²) in [5.74, 6) is -3.61. The van der Waals surface area contributed by atoms with E-state index in [-0.39, 0.29) is 5.91 Å². The van der Waals surface area contributed by atoms with Gasteiger partial charge in [0.2, 0.25) is 11.8 Å². The smallest absolute Gasteiger partial charge is 0.488 e. The van der Waals surface area contributed by atoms with E-state index in [0.717, 1.165) is 35.1 Å². The molecule has 2 amide bonds. The number of halogens is 3. The van der Waals surface area contributed by atoms with Crippen LogP contribution >= 0.6 is 0 Å². The number of nitrogens with zero attached hydrogens (tertiary/aromatic N) is 1. The summed E-state index contributed by atoms with van der Waals surface area (Å²) >= 11 is 0. The number of amides is 2. The molecule has 0 spiro atoms. The molecule has 0 saturated heterocycles. The Labute approximate surface area is 215 Å². The van der Waals surface area contributed by atoms with Crippen LogP contribution < -0.4 is 15.5 Å². The fraction of sp³-hybridized carbons (Fsp3) is 0.308. The van der Waals surface area contributed by atoms with Gasteiger partial charge >= 0.3 is 12.1 Å². The second-order valence-corrected chi connectivity index (χ2v) is 8.58. The zero-order chi connectivity index (χ0) is 27.7. The number of fused-ring (bicyclic) bond motifs is 1. The second-order valence-electron chi connectivity index (χ2n) is 8.58. The van der Waals surface area contributed by atoms with Gasteiger partial charge in [-0.3, -0.25) is 19.8 Å². The maximum absolute atomic E-state index is 12.7. The number of hydrogen-bond acceptors (Lipinski definition) is 6. The number of aliphatic carboxylic acids is 1. The first-order valence-corrected chi connectivity index (χ1v) is 11.7. The van der Waals surface area contributed by atoms with E-state index in [1.54, 1.807) is 11.7 Å². The largest absolute Gasteiger partial charge is 0.490 e. The molecule has 3 aromatic rings. The monoisotopic (exact) mass is 533 g/mol. The molecule has 1 fully saturated rings. The minimum absolute atomic E-state index is 0.194. The van der Waals surface area contributed by atoms with Crippen LogP contribution in [-0.4, -0.2) is 39.3 Å². The Kier molecular flexibility index (Phi) is 9.61. The standard InChI is InChI=1S/C24H25N3O4.C2HF3O2/c28-23(18-5-1-2-6-19(18)24(29)27-30)26-17-11-9-16(10-12-17)15-31-22-13-14-25-21-8-4-3-7-20(21)22;3-2(4,5)1(6)7/h3-4,7-14,18-19,30H,1-2,5-6,15H2,(H,26,28)(H,27,29);(H,6,7)/t18-,19-;/m1./s1. The lowest BCUT2D eigenvalue weighted by molar-refractivity contribution is -0.192. The lowest BCUT2D eigenvalue weighted by Crippen LogP contribution is -2.40. The third-order valence-electron chi connectivity index (χ3n) is 6.02. The van der Waals surface area contributed by atoms with Crippen molar-refractivity contribution in [3.8, 4) is 5.75 Å². The van der Waals surface area contributed by atoms with Crippen LogP contribution in [0.25, 0.3) is 10.9 Å². The molecule has 2 atom stereocenters. The summed E-state index contributed by atoms with van der Waals surface area (Å²) in [7, 11) is 0. The number of carbonyl (C=O) groups is 3. The van der Waals surface area contributed by atoms with Crippen LogP contribution in [0.1, 0.15) is 31.2 Å². The molecular weight excluding hydrogens is 507 g/mol. The van der Waals surface area contributed by atoms with Crippen molar-refractivity contribution in [2.24, 2.45) is 11.8 Å². The van der Waals surface area contributed by atoms with Crippen LogP contribution in [0.15, 0.2) is 60.8 Å². The van der Waals surface area contributed by atoms with E-state index in [2.05, 4.69) is 10.3 Å². The Morgan fingerprint density at radius 3 is 2.16 bits per heavy atom. The number of pyridine rings is 1. The van der Waals surface area contributed by atoms with Crippen molar-refractivity contribution < 1.29 is 42.6 Å². The molecule has 9 nitrogen and oxygen atoms in total. The third-order valence-corrected chi connectivity index (χ3v) is 6.02. The molecule has 1 heterocycles.